The minimum atomic E-state index is -0.646. The Labute approximate surface area is 143 Å². The molecule has 24 heavy (non-hydrogen) atoms. The standard InChI is InChI=1S/C15H19N5O3S/c1-5-6-16-15-17-11(8-24-15)14(22)23-7-12(21)18-13-9(2)19-20(4)10(13)3/h5,8H,1,6-7H2,2-4H3,(H,16,17)(H,18,21). The van der Waals surface area contributed by atoms with Crippen molar-refractivity contribution < 1.29 is 14.3 Å². The van der Waals surface area contributed by atoms with E-state index in [1.54, 1.807) is 30.1 Å². The van der Waals surface area contributed by atoms with Gasteiger partial charge in [-0.25, -0.2) is 9.78 Å². The molecule has 0 aliphatic carbocycles. The highest BCUT2D eigenvalue weighted by Crippen LogP contribution is 2.18. The van der Waals surface area contributed by atoms with Crippen LogP contribution in [0.5, 0.6) is 0 Å². The third kappa shape index (κ3) is 4.19. The van der Waals surface area contributed by atoms with Gasteiger partial charge in [0.15, 0.2) is 17.4 Å². The maximum atomic E-state index is 11.9. The van der Waals surface area contributed by atoms with Gasteiger partial charge in [0.2, 0.25) is 0 Å². The first kappa shape index (κ1) is 17.7. The smallest absolute Gasteiger partial charge is 0.358 e. The third-order valence-electron chi connectivity index (χ3n) is 3.22. The van der Waals surface area contributed by atoms with Gasteiger partial charge < -0.3 is 15.4 Å². The Bertz CT molecular complexity index is 765. The van der Waals surface area contributed by atoms with Gasteiger partial charge in [-0.05, 0) is 13.8 Å². The van der Waals surface area contributed by atoms with Gasteiger partial charge >= 0.3 is 5.97 Å². The predicted molar refractivity (Wildman–Crippen MR) is 92.4 cm³/mol. The third-order valence-corrected chi connectivity index (χ3v) is 4.02. The molecule has 0 atom stereocenters. The fraction of sp³-hybridized carbons (Fsp3) is 0.333. The van der Waals surface area contributed by atoms with Crippen molar-refractivity contribution in [1.82, 2.24) is 14.8 Å². The van der Waals surface area contributed by atoms with Crippen molar-refractivity contribution in [3.05, 3.63) is 35.1 Å². The molecule has 2 rings (SSSR count). The van der Waals surface area contributed by atoms with E-state index < -0.39 is 11.9 Å². The van der Waals surface area contributed by atoms with E-state index in [-0.39, 0.29) is 12.3 Å². The van der Waals surface area contributed by atoms with Crippen molar-refractivity contribution in [1.29, 1.82) is 0 Å². The van der Waals surface area contributed by atoms with Crippen LogP contribution in [0.3, 0.4) is 0 Å². The molecule has 2 aromatic rings. The molecule has 2 N–H and O–H groups in total. The number of nitrogens with zero attached hydrogens (tertiary/aromatic N) is 3. The second kappa shape index (κ2) is 7.73. The van der Waals surface area contributed by atoms with Crippen LogP contribution >= 0.6 is 11.3 Å². The number of nitrogens with one attached hydrogen (secondary N) is 2. The summed E-state index contributed by atoms with van der Waals surface area (Å²) in [5, 5.41) is 12.0. The number of ether oxygens (including phenoxy) is 1. The Hall–Kier alpha value is -2.68. The highest BCUT2D eigenvalue weighted by molar-refractivity contribution is 7.13. The number of thiazole rings is 1. The fourth-order valence-corrected chi connectivity index (χ4v) is 2.63. The molecule has 0 saturated heterocycles. The molecule has 0 bridgehead atoms. The molecule has 0 fully saturated rings. The van der Waals surface area contributed by atoms with E-state index in [2.05, 4.69) is 27.3 Å². The van der Waals surface area contributed by atoms with Crippen molar-refractivity contribution in [2.45, 2.75) is 13.8 Å². The molecule has 0 aliphatic rings. The van der Waals surface area contributed by atoms with E-state index in [1.165, 1.54) is 11.3 Å². The van der Waals surface area contributed by atoms with Crippen LogP contribution in [-0.2, 0) is 16.6 Å². The normalized spacial score (nSPS) is 10.3. The number of aryl methyl sites for hydroxylation is 2. The maximum Gasteiger partial charge on any atom is 0.358 e. The molecule has 0 unspecified atom stereocenters. The first-order chi connectivity index (χ1) is 11.4. The Morgan fingerprint density at radius 2 is 2.21 bits per heavy atom. The van der Waals surface area contributed by atoms with Gasteiger partial charge in [-0.2, -0.15) is 5.10 Å². The molecule has 2 aromatic heterocycles. The summed E-state index contributed by atoms with van der Waals surface area (Å²) in [6.07, 6.45) is 1.69. The molecule has 128 valence electrons. The maximum absolute atomic E-state index is 11.9. The van der Waals surface area contributed by atoms with Gasteiger partial charge in [0.25, 0.3) is 5.91 Å². The Morgan fingerprint density at radius 3 is 2.83 bits per heavy atom. The lowest BCUT2D eigenvalue weighted by Gasteiger charge is -2.06. The lowest BCUT2D eigenvalue weighted by atomic mass is 10.3. The van der Waals surface area contributed by atoms with Crippen LogP contribution in [0, 0.1) is 13.8 Å². The van der Waals surface area contributed by atoms with Gasteiger partial charge in [-0.15, -0.1) is 17.9 Å². The number of anilines is 2. The van der Waals surface area contributed by atoms with Gasteiger partial charge in [0.1, 0.15) is 0 Å². The second-order valence-corrected chi connectivity index (χ2v) is 5.86. The number of aromatic nitrogens is 3. The summed E-state index contributed by atoms with van der Waals surface area (Å²) in [6, 6.07) is 0. The molecule has 2 heterocycles. The average molecular weight is 349 g/mol. The number of carbonyl (C=O) groups is 2. The summed E-state index contributed by atoms with van der Waals surface area (Å²) in [4.78, 5) is 27.9. The zero-order chi connectivity index (χ0) is 17.7. The topological polar surface area (TPSA) is 98.1 Å². The number of esters is 1. The van der Waals surface area contributed by atoms with Gasteiger partial charge in [0.05, 0.1) is 17.1 Å². The number of rotatable bonds is 7. The van der Waals surface area contributed by atoms with Crippen LogP contribution in [0.1, 0.15) is 21.9 Å². The Balaban J connectivity index is 1.88. The molecular weight excluding hydrogens is 330 g/mol. The Morgan fingerprint density at radius 1 is 1.46 bits per heavy atom. The highest BCUT2D eigenvalue weighted by Gasteiger charge is 2.16. The highest BCUT2D eigenvalue weighted by atomic mass is 32.1. The van der Waals surface area contributed by atoms with E-state index in [9.17, 15) is 9.59 Å². The van der Waals surface area contributed by atoms with E-state index in [4.69, 9.17) is 4.74 Å². The lowest BCUT2D eigenvalue weighted by Crippen LogP contribution is -2.21. The zero-order valence-corrected chi connectivity index (χ0v) is 14.6. The molecule has 0 saturated carbocycles. The summed E-state index contributed by atoms with van der Waals surface area (Å²) >= 11 is 1.28. The van der Waals surface area contributed by atoms with Gasteiger partial charge in [-0.1, -0.05) is 6.08 Å². The van der Waals surface area contributed by atoms with Crippen molar-refractivity contribution >= 4 is 34.0 Å². The molecule has 9 heteroatoms. The molecule has 0 aromatic carbocycles. The van der Waals surface area contributed by atoms with Crippen LogP contribution < -0.4 is 10.6 Å². The largest absolute Gasteiger partial charge is 0.451 e. The quantitative estimate of drug-likeness (QED) is 0.585. The SMILES string of the molecule is C=CCNc1nc(C(=O)OCC(=O)Nc2c(C)nn(C)c2C)cs1. The summed E-state index contributed by atoms with van der Waals surface area (Å²) < 4.78 is 6.66. The average Bonchev–Trinajstić information content (AvgIpc) is 3.11. The van der Waals surface area contributed by atoms with E-state index in [0.29, 0.717) is 23.1 Å². The molecule has 1 amide bonds. The minimum Gasteiger partial charge on any atom is -0.451 e. The summed E-state index contributed by atoms with van der Waals surface area (Å²) in [5.41, 5.74) is 2.31. The molecule has 0 radical (unpaired) electrons. The molecule has 0 spiro atoms. The Kier molecular flexibility index (Phi) is 5.69. The zero-order valence-electron chi connectivity index (χ0n) is 13.8. The predicted octanol–water partition coefficient (Wildman–Crippen LogP) is 1.89. The van der Waals surface area contributed by atoms with Gasteiger partial charge in [0, 0.05) is 19.0 Å². The molecule has 8 nitrogen and oxygen atoms in total. The van der Waals surface area contributed by atoms with E-state index in [0.717, 1.165) is 5.69 Å². The van der Waals surface area contributed by atoms with Crippen LogP contribution in [0.25, 0.3) is 0 Å². The number of carbonyl (C=O) groups excluding carboxylic acids is 2. The van der Waals surface area contributed by atoms with Crippen molar-refractivity contribution in [2.24, 2.45) is 7.05 Å². The molecule has 0 aliphatic heterocycles. The van der Waals surface area contributed by atoms with E-state index in [1.807, 2.05) is 6.92 Å². The first-order valence-electron chi connectivity index (χ1n) is 7.19. The van der Waals surface area contributed by atoms with Crippen LogP contribution in [0.2, 0.25) is 0 Å². The summed E-state index contributed by atoms with van der Waals surface area (Å²) in [5.74, 6) is -1.07. The number of hydrogen-bond acceptors (Lipinski definition) is 7. The number of hydrogen-bond donors (Lipinski definition) is 2. The van der Waals surface area contributed by atoms with Crippen LogP contribution in [0.15, 0.2) is 18.0 Å². The summed E-state index contributed by atoms with van der Waals surface area (Å²) in [6.45, 7) is 7.38. The van der Waals surface area contributed by atoms with Crippen LogP contribution in [-0.4, -0.2) is 39.8 Å². The molecular formula is C15H19N5O3S. The lowest BCUT2D eigenvalue weighted by molar-refractivity contribution is -0.119. The second-order valence-electron chi connectivity index (χ2n) is 5.00. The first-order valence-corrected chi connectivity index (χ1v) is 8.07. The van der Waals surface area contributed by atoms with Crippen molar-refractivity contribution in [3.8, 4) is 0 Å². The minimum absolute atomic E-state index is 0.160. The summed E-state index contributed by atoms with van der Waals surface area (Å²) in [7, 11) is 1.79. The van der Waals surface area contributed by atoms with Crippen LogP contribution in [0.4, 0.5) is 10.8 Å². The fourth-order valence-electron chi connectivity index (χ4n) is 1.94. The van der Waals surface area contributed by atoms with Crippen molar-refractivity contribution in [2.75, 3.05) is 23.8 Å². The van der Waals surface area contributed by atoms with Gasteiger partial charge in [-0.3, -0.25) is 9.48 Å². The van der Waals surface area contributed by atoms with Crippen molar-refractivity contribution in [3.63, 3.8) is 0 Å². The monoisotopic (exact) mass is 349 g/mol. The number of amides is 1. The van der Waals surface area contributed by atoms with E-state index >= 15 is 0 Å².